The Morgan fingerprint density at radius 3 is 2.91 bits per heavy atom. The second kappa shape index (κ2) is 6.83. The summed E-state index contributed by atoms with van der Waals surface area (Å²) in [5, 5.41) is 2.84. The third-order valence-electron chi connectivity index (χ3n) is 3.81. The number of morpholine rings is 1. The largest absolute Gasteiger partial charge is 0.439 e. The van der Waals surface area contributed by atoms with Crippen LogP contribution in [0.2, 0.25) is 0 Å². The molecular formula is C17H21N3O3. The fourth-order valence-electron chi connectivity index (χ4n) is 2.51. The van der Waals surface area contributed by atoms with Crippen LogP contribution in [0.1, 0.15) is 18.4 Å². The normalized spacial score (nSPS) is 18.0. The van der Waals surface area contributed by atoms with Crippen LogP contribution in [0.4, 0.5) is 4.79 Å². The number of carbonyl (C=O) groups excluding carboxylic acids is 1. The van der Waals surface area contributed by atoms with E-state index in [1.54, 1.807) is 11.1 Å². The molecule has 1 aromatic heterocycles. The first-order valence-corrected chi connectivity index (χ1v) is 7.78. The highest BCUT2D eigenvalue weighted by Gasteiger charge is 2.21. The van der Waals surface area contributed by atoms with Gasteiger partial charge in [0.25, 0.3) is 0 Å². The molecule has 0 saturated carbocycles. The molecule has 0 radical (unpaired) electrons. The molecule has 0 bridgehead atoms. The Bertz CT molecular complexity index is 666. The van der Waals surface area contributed by atoms with E-state index in [2.05, 4.69) is 10.3 Å². The van der Waals surface area contributed by atoms with E-state index in [0.29, 0.717) is 31.3 Å². The number of amides is 2. The zero-order valence-corrected chi connectivity index (χ0v) is 13.4. The number of benzene rings is 1. The van der Waals surface area contributed by atoms with Gasteiger partial charge in [-0.1, -0.05) is 29.8 Å². The molecule has 122 valence electrons. The average Bonchev–Trinajstić information content (AvgIpc) is 3.02. The van der Waals surface area contributed by atoms with Crippen LogP contribution in [-0.2, 0) is 11.3 Å². The van der Waals surface area contributed by atoms with Gasteiger partial charge in [-0.15, -0.1) is 0 Å². The zero-order chi connectivity index (χ0) is 16.2. The Hall–Kier alpha value is -2.34. The van der Waals surface area contributed by atoms with Gasteiger partial charge in [0.2, 0.25) is 5.89 Å². The molecule has 1 fully saturated rings. The number of nitrogens with zero attached hydrogens (tertiary/aromatic N) is 2. The quantitative estimate of drug-likeness (QED) is 0.945. The minimum absolute atomic E-state index is 0.0735. The van der Waals surface area contributed by atoms with Crippen LogP contribution in [0.15, 0.2) is 34.9 Å². The van der Waals surface area contributed by atoms with Crippen LogP contribution in [0.3, 0.4) is 0 Å². The Morgan fingerprint density at radius 1 is 1.39 bits per heavy atom. The first kappa shape index (κ1) is 15.6. The highest BCUT2D eigenvalue weighted by molar-refractivity contribution is 5.74. The van der Waals surface area contributed by atoms with Gasteiger partial charge >= 0.3 is 6.03 Å². The molecule has 0 unspecified atom stereocenters. The van der Waals surface area contributed by atoms with Crippen molar-refractivity contribution < 1.29 is 13.9 Å². The number of carbonyl (C=O) groups is 1. The maximum Gasteiger partial charge on any atom is 0.318 e. The van der Waals surface area contributed by atoms with Gasteiger partial charge in [0.05, 0.1) is 25.5 Å². The van der Waals surface area contributed by atoms with Gasteiger partial charge in [-0.05, 0) is 13.8 Å². The maximum absolute atomic E-state index is 12.1. The summed E-state index contributed by atoms with van der Waals surface area (Å²) in [6, 6.07) is 7.92. The van der Waals surface area contributed by atoms with Crippen molar-refractivity contribution >= 4 is 6.03 Å². The molecule has 1 aromatic carbocycles. The lowest BCUT2D eigenvalue weighted by atomic mass is 10.1. The third-order valence-corrected chi connectivity index (χ3v) is 3.81. The molecule has 3 rings (SSSR count). The lowest BCUT2D eigenvalue weighted by Gasteiger charge is -2.30. The highest BCUT2D eigenvalue weighted by atomic mass is 16.5. The second-order valence-corrected chi connectivity index (χ2v) is 5.77. The fourth-order valence-corrected chi connectivity index (χ4v) is 2.51. The lowest BCUT2D eigenvalue weighted by Crippen LogP contribution is -2.48. The van der Waals surface area contributed by atoms with Gasteiger partial charge in [0.15, 0.2) is 5.76 Å². The van der Waals surface area contributed by atoms with Gasteiger partial charge < -0.3 is 19.4 Å². The summed E-state index contributed by atoms with van der Waals surface area (Å²) in [6.45, 7) is 6.06. The number of nitrogens with one attached hydrogen (secondary N) is 1. The Morgan fingerprint density at radius 2 is 2.17 bits per heavy atom. The van der Waals surface area contributed by atoms with E-state index in [0.717, 1.165) is 5.56 Å². The molecule has 2 heterocycles. The molecule has 2 aromatic rings. The van der Waals surface area contributed by atoms with Gasteiger partial charge in [0.1, 0.15) is 0 Å². The van der Waals surface area contributed by atoms with Crippen LogP contribution in [0, 0.1) is 6.92 Å². The molecular weight excluding hydrogens is 294 g/mol. The standard InChI is InChI=1S/C17H21N3O3/c1-12-3-5-14(6-4-12)15-9-18-16(23-15)10-19-17(21)20-7-8-22-13(2)11-20/h3-6,9,13H,7-8,10-11H2,1-2H3,(H,19,21)/t13-/m0/s1. The van der Waals surface area contributed by atoms with E-state index >= 15 is 0 Å². The average molecular weight is 315 g/mol. The van der Waals surface area contributed by atoms with Crippen LogP contribution < -0.4 is 5.32 Å². The summed E-state index contributed by atoms with van der Waals surface area (Å²) < 4.78 is 11.1. The number of hydrogen-bond donors (Lipinski definition) is 1. The molecule has 1 aliphatic rings. The van der Waals surface area contributed by atoms with Crippen LogP contribution in [0.5, 0.6) is 0 Å². The fraction of sp³-hybridized carbons (Fsp3) is 0.412. The molecule has 23 heavy (non-hydrogen) atoms. The van der Waals surface area contributed by atoms with E-state index in [1.165, 1.54) is 5.56 Å². The smallest absolute Gasteiger partial charge is 0.318 e. The highest BCUT2D eigenvalue weighted by Crippen LogP contribution is 2.20. The summed E-state index contributed by atoms with van der Waals surface area (Å²) in [6.07, 6.45) is 1.76. The van der Waals surface area contributed by atoms with Gasteiger partial charge in [0, 0.05) is 18.7 Å². The molecule has 0 spiro atoms. The molecule has 0 aliphatic carbocycles. The Labute approximate surface area is 135 Å². The maximum atomic E-state index is 12.1. The second-order valence-electron chi connectivity index (χ2n) is 5.77. The minimum atomic E-state index is -0.116. The predicted molar refractivity (Wildman–Crippen MR) is 85.9 cm³/mol. The van der Waals surface area contributed by atoms with Crippen molar-refractivity contribution in [3.05, 3.63) is 41.9 Å². The topological polar surface area (TPSA) is 67.6 Å². The molecule has 6 heteroatoms. The van der Waals surface area contributed by atoms with Crippen molar-refractivity contribution in [1.82, 2.24) is 15.2 Å². The molecule has 6 nitrogen and oxygen atoms in total. The number of rotatable bonds is 3. The predicted octanol–water partition coefficient (Wildman–Crippen LogP) is 2.58. The van der Waals surface area contributed by atoms with Crippen molar-refractivity contribution in [2.24, 2.45) is 0 Å². The van der Waals surface area contributed by atoms with E-state index in [1.807, 2.05) is 38.1 Å². The summed E-state index contributed by atoms with van der Waals surface area (Å²) in [4.78, 5) is 18.1. The number of aromatic nitrogens is 1. The van der Waals surface area contributed by atoms with E-state index < -0.39 is 0 Å². The lowest BCUT2D eigenvalue weighted by molar-refractivity contribution is -0.00358. The van der Waals surface area contributed by atoms with E-state index in [4.69, 9.17) is 9.15 Å². The number of urea groups is 1. The summed E-state index contributed by atoms with van der Waals surface area (Å²) in [7, 11) is 0. The van der Waals surface area contributed by atoms with Crippen LogP contribution in [0.25, 0.3) is 11.3 Å². The van der Waals surface area contributed by atoms with Gasteiger partial charge in [-0.25, -0.2) is 9.78 Å². The first-order valence-electron chi connectivity index (χ1n) is 7.78. The van der Waals surface area contributed by atoms with Crippen molar-refractivity contribution in [3.63, 3.8) is 0 Å². The van der Waals surface area contributed by atoms with E-state index in [-0.39, 0.29) is 18.7 Å². The van der Waals surface area contributed by atoms with Gasteiger partial charge in [-0.3, -0.25) is 0 Å². The van der Waals surface area contributed by atoms with Crippen molar-refractivity contribution in [2.75, 3.05) is 19.7 Å². The monoisotopic (exact) mass is 315 g/mol. The summed E-state index contributed by atoms with van der Waals surface area (Å²) in [5.41, 5.74) is 2.17. The Balaban J connectivity index is 1.56. The van der Waals surface area contributed by atoms with Crippen LogP contribution in [-0.4, -0.2) is 41.7 Å². The van der Waals surface area contributed by atoms with Crippen molar-refractivity contribution in [1.29, 1.82) is 0 Å². The number of ether oxygens (including phenoxy) is 1. The summed E-state index contributed by atoms with van der Waals surface area (Å²) in [5.74, 6) is 1.20. The first-order chi connectivity index (χ1) is 11.1. The van der Waals surface area contributed by atoms with Crippen LogP contribution >= 0.6 is 0 Å². The molecule has 1 N–H and O–H groups in total. The van der Waals surface area contributed by atoms with Gasteiger partial charge in [-0.2, -0.15) is 0 Å². The van der Waals surface area contributed by atoms with Crippen molar-refractivity contribution in [3.8, 4) is 11.3 Å². The SMILES string of the molecule is Cc1ccc(-c2cnc(CNC(=O)N3CCO[C@@H](C)C3)o2)cc1. The minimum Gasteiger partial charge on any atom is -0.439 e. The molecule has 2 amide bonds. The number of oxazole rings is 1. The number of aryl methyl sites for hydroxylation is 1. The van der Waals surface area contributed by atoms with Crippen molar-refractivity contribution in [2.45, 2.75) is 26.5 Å². The zero-order valence-electron chi connectivity index (χ0n) is 13.4. The van der Waals surface area contributed by atoms with E-state index in [9.17, 15) is 4.79 Å². The molecule has 1 saturated heterocycles. The Kier molecular flexibility index (Phi) is 4.62. The molecule has 1 atom stereocenters. The summed E-state index contributed by atoms with van der Waals surface area (Å²) >= 11 is 0. The molecule has 1 aliphatic heterocycles. The third kappa shape index (κ3) is 3.90. The number of hydrogen-bond acceptors (Lipinski definition) is 4.